The summed E-state index contributed by atoms with van der Waals surface area (Å²) in [6.45, 7) is 1.50. The average Bonchev–Trinajstić information content (AvgIpc) is 2.45. The van der Waals surface area contributed by atoms with Crippen LogP contribution in [0, 0.1) is 10.1 Å². The highest BCUT2D eigenvalue weighted by Gasteiger charge is 2.23. The number of nitrogens with zero attached hydrogens (tertiary/aromatic N) is 2. The van der Waals surface area contributed by atoms with Crippen LogP contribution in [0.15, 0.2) is 18.2 Å². The van der Waals surface area contributed by atoms with Crippen molar-refractivity contribution in [2.45, 2.75) is 25.3 Å². The van der Waals surface area contributed by atoms with Gasteiger partial charge in [-0.05, 0) is 38.6 Å². The van der Waals surface area contributed by atoms with Gasteiger partial charge in [-0.3, -0.25) is 14.9 Å². The van der Waals surface area contributed by atoms with Crippen molar-refractivity contribution in [1.29, 1.82) is 0 Å². The predicted octanol–water partition coefficient (Wildman–Crippen LogP) is 2.46. The van der Waals surface area contributed by atoms with Crippen molar-refractivity contribution in [2.75, 3.05) is 20.1 Å². The number of rotatable bonds is 4. The van der Waals surface area contributed by atoms with Crippen LogP contribution in [-0.4, -0.2) is 41.9 Å². The number of nitro benzene ring substituents is 1. The zero-order valence-corrected chi connectivity index (χ0v) is 12.6. The van der Waals surface area contributed by atoms with Gasteiger partial charge >= 0.3 is 0 Å². The Bertz CT molecular complexity index is 550. The van der Waals surface area contributed by atoms with Gasteiger partial charge in [0.2, 0.25) is 0 Å². The van der Waals surface area contributed by atoms with E-state index in [9.17, 15) is 14.9 Å². The van der Waals surface area contributed by atoms with Gasteiger partial charge in [0, 0.05) is 23.7 Å². The topological polar surface area (TPSA) is 75.5 Å². The van der Waals surface area contributed by atoms with E-state index in [1.54, 1.807) is 0 Å². The molecule has 1 amide bonds. The number of halogens is 1. The van der Waals surface area contributed by atoms with Crippen LogP contribution in [0.1, 0.15) is 29.6 Å². The number of amides is 1. The highest BCUT2D eigenvalue weighted by Crippen LogP contribution is 2.22. The largest absolute Gasteiger partial charge is 0.350 e. The SMILES string of the molecule is CN1CCCCC1CNC(=O)c1cc(Cl)ccc1[N+](=O)[O-]. The predicted molar refractivity (Wildman–Crippen MR) is 80.7 cm³/mol. The molecule has 0 saturated carbocycles. The number of nitro groups is 1. The molecule has 0 radical (unpaired) electrons. The van der Waals surface area contributed by atoms with Crippen molar-refractivity contribution in [3.63, 3.8) is 0 Å². The van der Waals surface area contributed by atoms with E-state index >= 15 is 0 Å². The Morgan fingerprint density at radius 2 is 2.29 bits per heavy atom. The van der Waals surface area contributed by atoms with Gasteiger partial charge in [-0.15, -0.1) is 0 Å². The van der Waals surface area contributed by atoms with Gasteiger partial charge in [-0.25, -0.2) is 0 Å². The van der Waals surface area contributed by atoms with E-state index in [4.69, 9.17) is 11.6 Å². The van der Waals surface area contributed by atoms with E-state index in [1.165, 1.54) is 24.6 Å². The van der Waals surface area contributed by atoms with Crippen molar-refractivity contribution in [1.82, 2.24) is 10.2 Å². The zero-order valence-electron chi connectivity index (χ0n) is 11.8. The van der Waals surface area contributed by atoms with Gasteiger partial charge in [0.15, 0.2) is 0 Å². The molecule has 2 rings (SSSR count). The first kappa shape index (κ1) is 15.7. The molecule has 1 unspecified atom stereocenters. The first-order chi connectivity index (χ1) is 9.99. The summed E-state index contributed by atoms with van der Waals surface area (Å²) in [4.78, 5) is 24.8. The van der Waals surface area contributed by atoms with Crippen LogP contribution in [0.3, 0.4) is 0 Å². The minimum absolute atomic E-state index is 0.00552. The van der Waals surface area contributed by atoms with Crippen molar-refractivity contribution in [3.8, 4) is 0 Å². The number of carbonyl (C=O) groups is 1. The summed E-state index contributed by atoms with van der Waals surface area (Å²) in [6, 6.07) is 4.27. The maximum Gasteiger partial charge on any atom is 0.282 e. The molecule has 21 heavy (non-hydrogen) atoms. The second kappa shape index (κ2) is 6.87. The summed E-state index contributed by atoms with van der Waals surface area (Å²) in [5, 5.41) is 14.1. The number of likely N-dealkylation sites (N-methyl/N-ethyl adjacent to an activating group) is 1. The quantitative estimate of drug-likeness (QED) is 0.684. The molecular weight excluding hydrogens is 294 g/mol. The third kappa shape index (κ3) is 3.92. The van der Waals surface area contributed by atoms with Gasteiger partial charge in [0.25, 0.3) is 11.6 Å². The van der Waals surface area contributed by atoms with Crippen molar-refractivity contribution in [2.24, 2.45) is 0 Å². The van der Waals surface area contributed by atoms with Crippen LogP contribution in [-0.2, 0) is 0 Å². The molecule has 1 fully saturated rings. The Labute approximate surface area is 128 Å². The number of benzene rings is 1. The van der Waals surface area contributed by atoms with E-state index in [-0.39, 0.29) is 17.3 Å². The highest BCUT2D eigenvalue weighted by molar-refractivity contribution is 6.31. The Kier molecular flexibility index (Phi) is 5.14. The van der Waals surface area contributed by atoms with E-state index in [0.29, 0.717) is 11.6 Å². The van der Waals surface area contributed by atoms with Crippen LogP contribution in [0.2, 0.25) is 5.02 Å². The van der Waals surface area contributed by atoms with Gasteiger partial charge < -0.3 is 10.2 Å². The summed E-state index contributed by atoms with van der Waals surface area (Å²) >= 11 is 5.83. The molecule has 0 spiro atoms. The fraction of sp³-hybridized carbons (Fsp3) is 0.500. The zero-order chi connectivity index (χ0) is 15.4. The third-order valence-corrected chi connectivity index (χ3v) is 4.05. The third-order valence-electron chi connectivity index (χ3n) is 3.82. The normalized spacial score (nSPS) is 19.2. The van der Waals surface area contributed by atoms with Gasteiger partial charge in [-0.2, -0.15) is 0 Å². The fourth-order valence-corrected chi connectivity index (χ4v) is 2.73. The summed E-state index contributed by atoms with van der Waals surface area (Å²) in [5.41, 5.74) is -0.222. The van der Waals surface area contributed by atoms with Crippen LogP contribution in [0.4, 0.5) is 5.69 Å². The number of nitrogens with one attached hydrogen (secondary N) is 1. The lowest BCUT2D eigenvalue weighted by Crippen LogP contribution is -2.44. The van der Waals surface area contributed by atoms with Crippen molar-refractivity contribution in [3.05, 3.63) is 38.9 Å². The second-order valence-corrected chi connectivity index (χ2v) is 5.70. The maximum atomic E-state index is 12.2. The molecule has 0 aromatic heterocycles. The highest BCUT2D eigenvalue weighted by atomic mass is 35.5. The van der Waals surface area contributed by atoms with E-state index in [0.717, 1.165) is 19.4 Å². The Morgan fingerprint density at radius 1 is 1.52 bits per heavy atom. The minimum atomic E-state index is -0.571. The molecule has 0 bridgehead atoms. The second-order valence-electron chi connectivity index (χ2n) is 5.26. The number of hydrogen-bond donors (Lipinski definition) is 1. The Morgan fingerprint density at radius 3 is 2.95 bits per heavy atom. The molecule has 1 aliphatic rings. The van der Waals surface area contributed by atoms with Crippen LogP contribution < -0.4 is 5.32 Å². The van der Waals surface area contributed by atoms with E-state index in [2.05, 4.69) is 10.2 Å². The molecule has 1 N–H and O–H groups in total. The van der Waals surface area contributed by atoms with Gasteiger partial charge in [0.1, 0.15) is 5.56 Å². The lowest BCUT2D eigenvalue weighted by molar-refractivity contribution is -0.385. The Balaban J connectivity index is 2.06. The van der Waals surface area contributed by atoms with Crippen LogP contribution in [0.25, 0.3) is 0 Å². The first-order valence-electron chi connectivity index (χ1n) is 6.91. The average molecular weight is 312 g/mol. The monoisotopic (exact) mass is 311 g/mol. The molecule has 6 nitrogen and oxygen atoms in total. The summed E-state index contributed by atoms with van der Waals surface area (Å²) in [6.07, 6.45) is 3.33. The smallest absolute Gasteiger partial charge is 0.282 e. The number of carbonyl (C=O) groups excluding carboxylic acids is 1. The molecule has 1 atom stereocenters. The number of hydrogen-bond acceptors (Lipinski definition) is 4. The first-order valence-corrected chi connectivity index (χ1v) is 7.29. The van der Waals surface area contributed by atoms with Crippen molar-refractivity contribution >= 4 is 23.2 Å². The van der Waals surface area contributed by atoms with Crippen LogP contribution >= 0.6 is 11.6 Å². The van der Waals surface area contributed by atoms with Gasteiger partial charge in [-0.1, -0.05) is 18.0 Å². The molecule has 0 aliphatic carbocycles. The molecule has 114 valence electrons. The standard InChI is InChI=1S/C14H18ClN3O3/c1-17-7-3-2-4-11(17)9-16-14(19)12-8-10(15)5-6-13(12)18(20)21/h5-6,8,11H,2-4,7,9H2,1H3,(H,16,19). The molecule has 1 aromatic carbocycles. The number of likely N-dealkylation sites (tertiary alicyclic amines) is 1. The molecule has 1 aromatic rings. The number of piperidine rings is 1. The molecule has 1 aliphatic heterocycles. The van der Waals surface area contributed by atoms with E-state index in [1.807, 2.05) is 7.05 Å². The summed E-state index contributed by atoms with van der Waals surface area (Å²) in [7, 11) is 2.03. The molecule has 1 saturated heterocycles. The van der Waals surface area contributed by atoms with Crippen molar-refractivity contribution < 1.29 is 9.72 Å². The Hall–Kier alpha value is -1.66. The summed E-state index contributed by atoms with van der Waals surface area (Å²) in [5.74, 6) is -0.455. The lowest BCUT2D eigenvalue weighted by Gasteiger charge is -2.32. The lowest BCUT2D eigenvalue weighted by atomic mass is 10.0. The molecule has 1 heterocycles. The molecule has 7 heteroatoms. The van der Waals surface area contributed by atoms with Crippen LogP contribution in [0.5, 0.6) is 0 Å². The maximum absolute atomic E-state index is 12.2. The van der Waals surface area contributed by atoms with Gasteiger partial charge in [0.05, 0.1) is 4.92 Å². The minimum Gasteiger partial charge on any atom is -0.350 e. The van der Waals surface area contributed by atoms with E-state index < -0.39 is 10.8 Å². The molecular formula is C14H18ClN3O3. The fourth-order valence-electron chi connectivity index (χ4n) is 2.56. The summed E-state index contributed by atoms with van der Waals surface area (Å²) < 4.78 is 0.